The van der Waals surface area contributed by atoms with Crippen molar-refractivity contribution in [3.05, 3.63) is 59.2 Å². The zero-order valence-electron chi connectivity index (χ0n) is 13.1. The van der Waals surface area contributed by atoms with E-state index in [2.05, 4.69) is 4.74 Å². The molecule has 0 aliphatic carbocycles. The number of aliphatic hydroxyl groups is 2. The molecule has 0 aromatic heterocycles. The summed E-state index contributed by atoms with van der Waals surface area (Å²) in [4.78, 5) is 12.6. The Morgan fingerprint density at radius 1 is 1.04 bits per heavy atom. The van der Waals surface area contributed by atoms with Crippen LogP contribution in [0.3, 0.4) is 0 Å². The van der Waals surface area contributed by atoms with Crippen LogP contribution in [-0.2, 0) is 9.53 Å². The molecule has 0 saturated heterocycles. The Morgan fingerprint density at radius 2 is 1.68 bits per heavy atom. The first kappa shape index (κ1) is 17.3. The average Bonchev–Trinajstić information content (AvgIpc) is 2.82. The van der Waals surface area contributed by atoms with Crippen LogP contribution in [-0.4, -0.2) is 34.7 Å². The molecule has 2 unspecified atom stereocenters. The van der Waals surface area contributed by atoms with Crippen molar-refractivity contribution >= 4 is 5.97 Å². The Kier molecular flexibility index (Phi) is 4.67. The van der Waals surface area contributed by atoms with Crippen molar-refractivity contribution in [3.8, 4) is 11.5 Å². The van der Waals surface area contributed by atoms with E-state index in [-0.39, 0.29) is 18.0 Å². The number of carbonyl (C=O) groups is 1. The highest BCUT2D eigenvalue weighted by Gasteiger charge is 2.37. The van der Waals surface area contributed by atoms with Gasteiger partial charge >= 0.3 is 5.97 Å². The molecule has 6 nitrogen and oxygen atoms in total. The van der Waals surface area contributed by atoms with Gasteiger partial charge < -0.3 is 19.7 Å². The van der Waals surface area contributed by atoms with Gasteiger partial charge in [-0.2, -0.15) is 0 Å². The van der Waals surface area contributed by atoms with Gasteiger partial charge in [0, 0.05) is 17.2 Å². The van der Waals surface area contributed by atoms with E-state index >= 15 is 0 Å². The quantitative estimate of drug-likeness (QED) is 0.823. The molecule has 25 heavy (non-hydrogen) atoms. The van der Waals surface area contributed by atoms with Gasteiger partial charge in [0.1, 0.15) is 30.5 Å². The number of aliphatic hydroxyl groups excluding tert-OH is 2. The molecule has 0 bridgehead atoms. The first-order valence-electron chi connectivity index (χ1n) is 7.36. The average molecular weight is 351 g/mol. The second-order valence-electron chi connectivity index (χ2n) is 5.46. The van der Waals surface area contributed by atoms with Crippen LogP contribution in [0.4, 0.5) is 8.78 Å². The summed E-state index contributed by atoms with van der Waals surface area (Å²) in [5, 5.41) is 20.5. The molecule has 8 heteroatoms. The largest absolute Gasteiger partial charge is 0.468 e. The fraction of sp³-hybridized carbons (Fsp3) is 0.235. The van der Waals surface area contributed by atoms with Crippen molar-refractivity contribution in [3.63, 3.8) is 0 Å². The van der Waals surface area contributed by atoms with Crippen molar-refractivity contribution in [1.29, 1.82) is 0 Å². The van der Waals surface area contributed by atoms with Gasteiger partial charge in [0.25, 0.3) is 0 Å². The molecule has 1 heterocycles. The molecule has 2 aromatic carbocycles. The minimum Gasteiger partial charge on any atom is -0.468 e. The van der Waals surface area contributed by atoms with Gasteiger partial charge in [-0.25, -0.2) is 13.7 Å². The molecule has 2 atom stereocenters. The van der Waals surface area contributed by atoms with Crippen LogP contribution in [0.5, 0.6) is 11.5 Å². The number of hydrogen-bond donors (Lipinski definition) is 2. The van der Waals surface area contributed by atoms with Gasteiger partial charge in [-0.05, 0) is 24.3 Å². The Balaban J connectivity index is 1.83. The summed E-state index contributed by atoms with van der Waals surface area (Å²) in [6.07, 6.45) is -2.42. The highest BCUT2D eigenvalue weighted by atomic mass is 19.2. The van der Waals surface area contributed by atoms with Crippen molar-refractivity contribution in [2.45, 2.75) is 12.5 Å². The number of esters is 1. The van der Waals surface area contributed by atoms with Crippen LogP contribution in [0.25, 0.3) is 0 Å². The first-order chi connectivity index (χ1) is 11.9. The molecule has 1 aliphatic heterocycles. The summed E-state index contributed by atoms with van der Waals surface area (Å²) >= 11 is 0. The van der Waals surface area contributed by atoms with Gasteiger partial charge in [-0.1, -0.05) is 6.07 Å². The number of nitrogens with zero attached hydrogens (tertiary/aromatic N) is 1. The predicted octanol–water partition coefficient (Wildman–Crippen LogP) is 2.23. The van der Waals surface area contributed by atoms with Gasteiger partial charge in [-0.3, -0.25) is 4.79 Å². The third kappa shape index (κ3) is 3.32. The fourth-order valence-corrected chi connectivity index (χ4v) is 2.63. The number of fused-ring (bicyclic) bond motifs is 1. The molecule has 2 aromatic rings. The molecule has 0 amide bonds. The Morgan fingerprint density at radius 3 is 2.36 bits per heavy atom. The molecule has 0 spiro atoms. The lowest BCUT2D eigenvalue weighted by Gasteiger charge is -2.22. The van der Waals surface area contributed by atoms with E-state index in [0.717, 1.165) is 17.0 Å². The standard InChI is InChI=1S/C17H15F2NO5/c1-24-15(21)8-20-16(22)11-4-2-9(6-12(11)17(20)23)25-10-3-5-13(18)14(19)7-10/h2-7,16-17,22-23H,8H2,1H3. The lowest BCUT2D eigenvalue weighted by Crippen LogP contribution is -2.32. The summed E-state index contributed by atoms with van der Waals surface area (Å²) in [6.45, 7) is -0.299. The zero-order valence-corrected chi connectivity index (χ0v) is 13.1. The van der Waals surface area contributed by atoms with Gasteiger partial charge in [0.15, 0.2) is 11.6 Å². The molecule has 0 radical (unpaired) electrons. The molecule has 2 N–H and O–H groups in total. The second-order valence-corrected chi connectivity index (χ2v) is 5.46. The van der Waals surface area contributed by atoms with Gasteiger partial charge in [-0.15, -0.1) is 0 Å². The first-order valence-corrected chi connectivity index (χ1v) is 7.36. The fourth-order valence-electron chi connectivity index (χ4n) is 2.63. The smallest absolute Gasteiger partial charge is 0.320 e. The number of rotatable bonds is 4. The van der Waals surface area contributed by atoms with Crippen LogP contribution in [0.1, 0.15) is 23.6 Å². The van der Waals surface area contributed by atoms with Crippen LogP contribution < -0.4 is 4.74 Å². The van der Waals surface area contributed by atoms with Gasteiger partial charge in [0.2, 0.25) is 0 Å². The maximum absolute atomic E-state index is 13.2. The van der Waals surface area contributed by atoms with Crippen molar-refractivity contribution in [2.24, 2.45) is 0 Å². The van der Waals surface area contributed by atoms with E-state index < -0.39 is 30.1 Å². The van der Waals surface area contributed by atoms with Gasteiger partial charge in [0.05, 0.1) is 7.11 Å². The third-order valence-corrected chi connectivity index (χ3v) is 3.91. The summed E-state index contributed by atoms with van der Waals surface area (Å²) in [7, 11) is 1.21. The van der Waals surface area contributed by atoms with Crippen molar-refractivity contribution in [1.82, 2.24) is 4.90 Å². The Labute approximate surface area is 141 Å². The molecule has 132 valence electrons. The van der Waals surface area contributed by atoms with E-state index in [9.17, 15) is 23.8 Å². The maximum atomic E-state index is 13.2. The van der Waals surface area contributed by atoms with E-state index in [4.69, 9.17) is 4.74 Å². The minimum atomic E-state index is -1.24. The van der Waals surface area contributed by atoms with E-state index in [1.165, 1.54) is 31.4 Å². The summed E-state index contributed by atoms with van der Waals surface area (Å²) in [6, 6.07) is 7.60. The third-order valence-electron chi connectivity index (χ3n) is 3.91. The van der Waals surface area contributed by atoms with Crippen molar-refractivity contribution in [2.75, 3.05) is 13.7 Å². The van der Waals surface area contributed by atoms with Crippen LogP contribution >= 0.6 is 0 Å². The Hall–Kier alpha value is -2.55. The molecule has 3 rings (SSSR count). The molecule has 0 saturated carbocycles. The number of halogens is 2. The Bertz CT molecular complexity index is 814. The predicted molar refractivity (Wildman–Crippen MR) is 81.5 cm³/mol. The number of benzene rings is 2. The number of ether oxygens (including phenoxy) is 2. The van der Waals surface area contributed by atoms with Crippen LogP contribution in [0, 0.1) is 11.6 Å². The summed E-state index contributed by atoms with van der Waals surface area (Å²) < 4.78 is 36.2. The highest BCUT2D eigenvalue weighted by molar-refractivity contribution is 5.71. The van der Waals surface area contributed by atoms with Crippen molar-refractivity contribution < 1.29 is 33.3 Å². The minimum absolute atomic E-state index is 0.0818. The normalized spacial score (nSPS) is 19.6. The zero-order chi connectivity index (χ0) is 18.1. The number of carbonyl (C=O) groups excluding carboxylic acids is 1. The molecule has 1 aliphatic rings. The summed E-state index contributed by atoms with van der Waals surface area (Å²) in [5.41, 5.74) is 0.755. The monoisotopic (exact) mass is 351 g/mol. The number of hydrogen-bond acceptors (Lipinski definition) is 6. The lowest BCUT2D eigenvalue weighted by atomic mass is 10.1. The van der Waals surface area contributed by atoms with E-state index in [1.807, 2.05) is 0 Å². The molecule has 0 fully saturated rings. The van der Waals surface area contributed by atoms with E-state index in [1.54, 1.807) is 0 Å². The summed E-state index contributed by atoms with van der Waals surface area (Å²) in [5.74, 6) is -2.30. The highest BCUT2D eigenvalue weighted by Crippen LogP contribution is 2.41. The molecular weight excluding hydrogens is 336 g/mol. The lowest BCUT2D eigenvalue weighted by molar-refractivity contribution is -0.152. The van der Waals surface area contributed by atoms with Crippen LogP contribution in [0.2, 0.25) is 0 Å². The van der Waals surface area contributed by atoms with E-state index in [0.29, 0.717) is 11.1 Å². The molecular formula is C17H15F2NO5. The maximum Gasteiger partial charge on any atom is 0.320 e. The topological polar surface area (TPSA) is 79.2 Å². The SMILES string of the molecule is COC(=O)CN1C(O)c2ccc(Oc3ccc(F)c(F)c3)cc2C1O. The van der Waals surface area contributed by atoms with Crippen LogP contribution in [0.15, 0.2) is 36.4 Å². The second kappa shape index (κ2) is 6.75. The number of methoxy groups -OCH3 is 1.